The Morgan fingerprint density at radius 2 is 1.81 bits per heavy atom. The number of carbonyl (C=O) groups is 1. The summed E-state index contributed by atoms with van der Waals surface area (Å²) in [5.74, 6) is -1.90. The van der Waals surface area contributed by atoms with Crippen LogP contribution in [0.1, 0.15) is 26.3 Å². The van der Waals surface area contributed by atoms with Gasteiger partial charge in [0.05, 0.1) is 0 Å². The van der Waals surface area contributed by atoms with E-state index in [0.717, 1.165) is 23.4 Å². The minimum Gasteiger partial charge on any atom is -0.311 e. The number of fused-ring (bicyclic) bond motifs is 1. The lowest BCUT2D eigenvalue weighted by Gasteiger charge is -2.26. The molecule has 0 fully saturated rings. The highest BCUT2D eigenvalue weighted by atomic mass is 32.2. The van der Waals surface area contributed by atoms with E-state index in [4.69, 9.17) is 0 Å². The summed E-state index contributed by atoms with van der Waals surface area (Å²) in [6, 6.07) is 7.02. The molecule has 0 aliphatic carbocycles. The van der Waals surface area contributed by atoms with Crippen LogP contribution in [0.3, 0.4) is 0 Å². The summed E-state index contributed by atoms with van der Waals surface area (Å²) in [7, 11) is -4.28. The molecule has 0 atom stereocenters. The van der Waals surface area contributed by atoms with Gasteiger partial charge in [0.15, 0.2) is 0 Å². The van der Waals surface area contributed by atoms with E-state index in [2.05, 4.69) is 4.72 Å². The van der Waals surface area contributed by atoms with Crippen LogP contribution in [-0.4, -0.2) is 20.9 Å². The number of amides is 1. The lowest BCUT2D eigenvalue weighted by atomic mass is 9.94. The maximum atomic E-state index is 13.8. The fourth-order valence-corrected chi connectivity index (χ4v) is 4.11. The molecular formula is C19H20F2N2O3S. The summed E-state index contributed by atoms with van der Waals surface area (Å²) in [4.78, 5) is 13.5. The zero-order valence-electron chi connectivity index (χ0n) is 15.2. The Morgan fingerprint density at radius 3 is 2.48 bits per heavy atom. The average Bonchev–Trinajstić information content (AvgIpc) is 2.98. The second-order valence-electron chi connectivity index (χ2n) is 7.48. The number of nitrogens with zero attached hydrogens (tertiary/aromatic N) is 1. The number of nitrogens with one attached hydrogen (secondary N) is 1. The van der Waals surface area contributed by atoms with Crippen LogP contribution in [-0.2, 0) is 21.2 Å². The van der Waals surface area contributed by atoms with Crippen LogP contribution in [0, 0.1) is 17.0 Å². The monoisotopic (exact) mass is 394 g/mol. The Kier molecular flexibility index (Phi) is 4.71. The van der Waals surface area contributed by atoms with Gasteiger partial charge in [0, 0.05) is 23.3 Å². The third kappa shape index (κ3) is 3.80. The van der Waals surface area contributed by atoms with Crippen molar-refractivity contribution in [3.63, 3.8) is 0 Å². The van der Waals surface area contributed by atoms with Gasteiger partial charge in [-0.1, -0.05) is 20.8 Å². The first-order chi connectivity index (χ1) is 12.5. The molecule has 3 rings (SSSR count). The molecule has 0 unspecified atom stereocenters. The molecule has 0 bridgehead atoms. The van der Waals surface area contributed by atoms with Crippen molar-refractivity contribution >= 4 is 27.3 Å². The van der Waals surface area contributed by atoms with Gasteiger partial charge in [-0.15, -0.1) is 0 Å². The van der Waals surface area contributed by atoms with Crippen LogP contribution in [0.2, 0.25) is 0 Å². The average molecular weight is 394 g/mol. The second kappa shape index (κ2) is 6.60. The van der Waals surface area contributed by atoms with Crippen molar-refractivity contribution in [3.05, 3.63) is 53.6 Å². The predicted octanol–water partition coefficient (Wildman–Crippen LogP) is 3.70. The quantitative estimate of drug-likeness (QED) is 0.863. The van der Waals surface area contributed by atoms with Gasteiger partial charge in [-0.3, -0.25) is 9.52 Å². The molecule has 1 aliphatic rings. The van der Waals surface area contributed by atoms with Crippen LogP contribution in [0.15, 0.2) is 41.3 Å². The van der Waals surface area contributed by atoms with Crippen molar-refractivity contribution in [1.82, 2.24) is 0 Å². The molecule has 144 valence electrons. The van der Waals surface area contributed by atoms with Crippen LogP contribution >= 0.6 is 0 Å². The summed E-state index contributed by atoms with van der Waals surface area (Å²) in [5.41, 5.74) is 1.24. The van der Waals surface area contributed by atoms with Gasteiger partial charge >= 0.3 is 0 Å². The Bertz CT molecular complexity index is 1010. The van der Waals surface area contributed by atoms with E-state index < -0.39 is 32.0 Å². The molecule has 2 aromatic carbocycles. The summed E-state index contributed by atoms with van der Waals surface area (Å²) in [5, 5.41) is 0. The van der Waals surface area contributed by atoms with Crippen molar-refractivity contribution in [1.29, 1.82) is 0 Å². The van der Waals surface area contributed by atoms with E-state index >= 15 is 0 Å². The van der Waals surface area contributed by atoms with Crippen molar-refractivity contribution in [2.75, 3.05) is 16.2 Å². The van der Waals surface area contributed by atoms with Gasteiger partial charge in [0.25, 0.3) is 10.0 Å². The third-order valence-corrected chi connectivity index (χ3v) is 5.69. The first-order valence-corrected chi connectivity index (χ1v) is 9.90. The van der Waals surface area contributed by atoms with Crippen molar-refractivity contribution < 1.29 is 22.0 Å². The zero-order chi connectivity index (χ0) is 20.0. The van der Waals surface area contributed by atoms with Gasteiger partial charge in [0.2, 0.25) is 5.91 Å². The first-order valence-electron chi connectivity index (χ1n) is 8.42. The number of halogens is 2. The molecule has 27 heavy (non-hydrogen) atoms. The molecule has 0 saturated carbocycles. The molecule has 1 N–H and O–H groups in total. The highest BCUT2D eigenvalue weighted by Gasteiger charge is 2.32. The maximum Gasteiger partial charge on any atom is 0.264 e. The Balaban J connectivity index is 1.89. The number of hydrogen-bond donors (Lipinski definition) is 1. The SMILES string of the molecule is CC(C)(C)C(=O)N1CCc2cc(NS(=O)(=O)c3cc(F)ccc3F)ccc21. The smallest absolute Gasteiger partial charge is 0.264 e. The molecule has 0 saturated heterocycles. The van der Waals surface area contributed by atoms with Gasteiger partial charge in [-0.05, 0) is 48.4 Å². The van der Waals surface area contributed by atoms with Crippen LogP contribution in [0.25, 0.3) is 0 Å². The molecule has 1 amide bonds. The highest BCUT2D eigenvalue weighted by molar-refractivity contribution is 7.92. The van der Waals surface area contributed by atoms with Crippen LogP contribution < -0.4 is 9.62 Å². The van der Waals surface area contributed by atoms with Crippen molar-refractivity contribution in [2.24, 2.45) is 5.41 Å². The number of anilines is 2. The highest BCUT2D eigenvalue weighted by Crippen LogP contribution is 2.34. The molecule has 0 aromatic heterocycles. The number of hydrogen-bond acceptors (Lipinski definition) is 3. The Hall–Kier alpha value is -2.48. The van der Waals surface area contributed by atoms with Crippen molar-refractivity contribution in [3.8, 4) is 0 Å². The zero-order valence-corrected chi connectivity index (χ0v) is 16.0. The molecule has 0 spiro atoms. The lowest BCUT2D eigenvalue weighted by molar-refractivity contribution is -0.125. The maximum absolute atomic E-state index is 13.8. The molecule has 1 aliphatic heterocycles. The summed E-state index contributed by atoms with van der Waals surface area (Å²) >= 11 is 0. The van der Waals surface area contributed by atoms with Gasteiger partial charge in [-0.2, -0.15) is 0 Å². The predicted molar refractivity (Wildman–Crippen MR) is 99.1 cm³/mol. The van der Waals surface area contributed by atoms with Crippen LogP contribution in [0.4, 0.5) is 20.2 Å². The summed E-state index contributed by atoms with van der Waals surface area (Å²) < 4.78 is 54.2. The standard InChI is InChI=1S/C19H20F2N2O3S/c1-19(2,3)18(24)23-9-8-12-10-14(5-7-16(12)23)22-27(25,26)17-11-13(20)4-6-15(17)21/h4-7,10-11,22H,8-9H2,1-3H3. The number of rotatable bonds is 3. The Morgan fingerprint density at radius 1 is 1.11 bits per heavy atom. The lowest BCUT2D eigenvalue weighted by Crippen LogP contribution is -2.38. The van der Waals surface area contributed by atoms with Gasteiger partial charge in [0.1, 0.15) is 16.5 Å². The number of carbonyl (C=O) groups excluding carboxylic acids is 1. The van der Waals surface area contributed by atoms with E-state index in [0.29, 0.717) is 19.0 Å². The normalized spacial score (nSPS) is 14.2. The molecule has 5 nitrogen and oxygen atoms in total. The number of sulfonamides is 1. The fourth-order valence-electron chi connectivity index (χ4n) is 2.97. The summed E-state index contributed by atoms with van der Waals surface area (Å²) in [6.45, 7) is 6.02. The van der Waals surface area contributed by atoms with E-state index in [1.54, 1.807) is 17.0 Å². The molecular weight excluding hydrogens is 374 g/mol. The largest absolute Gasteiger partial charge is 0.311 e. The van der Waals surface area contributed by atoms with E-state index in [9.17, 15) is 22.0 Å². The Labute approximate surface area is 157 Å². The van der Waals surface area contributed by atoms with Gasteiger partial charge < -0.3 is 4.90 Å². The fraction of sp³-hybridized carbons (Fsp3) is 0.316. The number of benzene rings is 2. The molecule has 8 heteroatoms. The third-order valence-electron chi connectivity index (χ3n) is 4.30. The minimum absolute atomic E-state index is 0.0172. The summed E-state index contributed by atoms with van der Waals surface area (Å²) in [6.07, 6.45) is 0.584. The second-order valence-corrected chi connectivity index (χ2v) is 9.13. The van der Waals surface area contributed by atoms with Crippen LogP contribution in [0.5, 0.6) is 0 Å². The van der Waals surface area contributed by atoms with E-state index in [-0.39, 0.29) is 11.6 Å². The van der Waals surface area contributed by atoms with E-state index in [1.807, 2.05) is 20.8 Å². The van der Waals surface area contributed by atoms with E-state index in [1.165, 1.54) is 6.07 Å². The first kappa shape index (κ1) is 19.3. The topological polar surface area (TPSA) is 66.5 Å². The van der Waals surface area contributed by atoms with Crippen molar-refractivity contribution in [2.45, 2.75) is 32.1 Å². The molecule has 0 radical (unpaired) electrons. The minimum atomic E-state index is -4.28. The molecule has 1 heterocycles. The van der Waals surface area contributed by atoms with Gasteiger partial charge in [-0.25, -0.2) is 17.2 Å². The molecule has 2 aromatic rings.